The van der Waals surface area contributed by atoms with E-state index >= 15 is 0 Å². The van der Waals surface area contributed by atoms with Gasteiger partial charge in [-0.05, 0) is 31.2 Å². The number of likely N-dealkylation sites (tertiary alicyclic amines) is 1. The Morgan fingerprint density at radius 3 is 2.58 bits per heavy atom. The maximum atomic E-state index is 13.1. The molecule has 0 bridgehead atoms. The van der Waals surface area contributed by atoms with Crippen LogP contribution in [-0.2, 0) is 9.53 Å². The molecule has 3 rings (SSSR count). The Morgan fingerprint density at radius 1 is 1.10 bits per heavy atom. The van der Waals surface area contributed by atoms with Crippen molar-refractivity contribution in [3.8, 4) is 11.5 Å². The first kappa shape index (κ1) is 22.4. The Hall–Kier alpha value is -3.26. The lowest BCUT2D eigenvalue weighted by molar-refractivity contribution is -0.124. The van der Waals surface area contributed by atoms with Crippen LogP contribution in [0.5, 0.6) is 11.5 Å². The zero-order valence-corrected chi connectivity index (χ0v) is 17.9. The molecule has 1 aliphatic rings. The van der Waals surface area contributed by atoms with E-state index in [1.54, 1.807) is 19.2 Å². The molecule has 2 atom stereocenters. The lowest BCUT2D eigenvalue weighted by Gasteiger charge is -2.24. The summed E-state index contributed by atoms with van der Waals surface area (Å²) in [5.74, 6) is 1.05. The van der Waals surface area contributed by atoms with Crippen LogP contribution in [0.15, 0.2) is 54.6 Å². The van der Waals surface area contributed by atoms with Crippen LogP contribution in [0, 0.1) is 0 Å². The van der Waals surface area contributed by atoms with Gasteiger partial charge in [-0.2, -0.15) is 0 Å². The van der Waals surface area contributed by atoms with E-state index in [0.717, 1.165) is 0 Å². The number of urea groups is 1. The van der Waals surface area contributed by atoms with E-state index in [9.17, 15) is 9.59 Å². The van der Waals surface area contributed by atoms with Gasteiger partial charge >= 0.3 is 6.03 Å². The first-order valence-corrected chi connectivity index (χ1v) is 10.4. The Kier molecular flexibility index (Phi) is 8.12. The van der Waals surface area contributed by atoms with E-state index in [0.29, 0.717) is 49.9 Å². The predicted octanol–water partition coefficient (Wildman–Crippen LogP) is 2.90. The molecule has 0 aliphatic carbocycles. The molecule has 1 fully saturated rings. The molecule has 0 unspecified atom stereocenters. The number of carbonyl (C=O) groups is 2. The van der Waals surface area contributed by atoms with Crippen molar-refractivity contribution < 1.29 is 23.8 Å². The number of nitrogens with zero attached hydrogens (tertiary/aromatic N) is 1. The first-order valence-electron chi connectivity index (χ1n) is 10.4. The lowest BCUT2D eigenvalue weighted by atomic mass is 10.2. The predicted molar refractivity (Wildman–Crippen MR) is 117 cm³/mol. The van der Waals surface area contributed by atoms with E-state index in [-0.39, 0.29) is 18.0 Å². The number of rotatable bonds is 9. The van der Waals surface area contributed by atoms with Gasteiger partial charge < -0.3 is 29.7 Å². The molecule has 0 saturated carbocycles. The molecule has 1 saturated heterocycles. The number of hydrogen-bond donors (Lipinski definition) is 2. The van der Waals surface area contributed by atoms with Crippen molar-refractivity contribution in [1.29, 1.82) is 0 Å². The molecule has 2 aromatic rings. The Labute approximate surface area is 182 Å². The van der Waals surface area contributed by atoms with Crippen LogP contribution in [0.25, 0.3) is 0 Å². The van der Waals surface area contributed by atoms with Gasteiger partial charge in [0.05, 0.1) is 25.4 Å². The summed E-state index contributed by atoms with van der Waals surface area (Å²) >= 11 is 0. The van der Waals surface area contributed by atoms with Gasteiger partial charge in [0.2, 0.25) is 5.91 Å². The second kappa shape index (κ2) is 11.2. The second-order valence-corrected chi connectivity index (χ2v) is 7.10. The van der Waals surface area contributed by atoms with Crippen molar-refractivity contribution >= 4 is 17.6 Å². The molecular formula is C23H29N3O5. The monoisotopic (exact) mass is 427 g/mol. The number of para-hydroxylation sites is 3. The minimum absolute atomic E-state index is 0.232. The van der Waals surface area contributed by atoms with Crippen LogP contribution in [0.4, 0.5) is 10.5 Å². The van der Waals surface area contributed by atoms with E-state index in [4.69, 9.17) is 14.2 Å². The fourth-order valence-corrected chi connectivity index (χ4v) is 3.48. The quantitative estimate of drug-likeness (QED) is 0.601. The van der Waals surface area contributed by atoms with Crippen LogP contribution in [0.1, 0.15) is 13.3 Å². The highest BCUT2D eigenvalue weighted by atomic mass is 16.5. The van der Waals surface area contributed by atoms with Gasteiger partial charge in [-0.15, -0.1) is 0 Å². The van der Waals surface area contributed by atoms with Crippen molar-refractivity contribution in [2.45, 2.75) is 25.5 Å². The van der Waals surface area contributed by atoms with E-state index in [1.807, 2.05) is 49.4 Å². The maximum Gasteiger partial charge on any atom is 0.322 e. The summed E-state index contributed by atoms with van der Waals surface area (Å²) in [6.07, 6.45) is 0.0993. The third-order valence-electron chi connectivity index (χ3n) is 4.91. The fraction of sp³-hybridized carbons (Fsp3) is 0.391. The fourth-order valence-electron chi connectivity index (χ4n) is 3.48. The number of benzene rings is 2. The van der Waals surface area contributed by atoms with Crippen molar-refractivity contribution in [3.05, 3.63) is 54.6 Å². The number of nitrogens with one attached hydrogen (secondary N) is 2. The molecular weight excluding hydrogens is 398 g/mol. The molecule has 166 valence electrons. The highest BCUT2D eigenvalue weighted by molar-refractivity contribution is 5.95. The number of carbonyl (C=O) groups excluding carboxylic acids is 2. The van der Waals surface area contributed by atoms with Gasteiger partial charge in [0.1, 0.15) is 23.6 Å². The third kappa shape index (κ3) is 6.11. The highest BCUT2D eigenvalue weighted by Gasteiger charge is 2.41. The number of anilines is 1. The molecule has 2 aromatic carbocycles. The molecule has 8 heteroatoms. The van der Waals surface area contributed by atoms with Crippen LogP contribution >= 0.6 is 0 Å². The summed E-state index contributed by atoms with van der Waals surface area (Å²) in [5, 5.41) is 5.70. The summed E-state index contributed by atoms with van der Waals surface area (Å²) in [4.78, 5) is 27.4. The number of amides is 3. The lowest BCUT2D eigenvalue weighted by Crippen LogP contribution is -2.48. The molecule has 0 spiro atoms. The maximum absolute atomic E-state index is 13.1. The molecule has 2 N–H and O–H groups in total. The summed E-state index contributed by atoms with van der Waals surface area (Å²) in [7, 11) is 1.57. The smallest absolute Gasteiger partial charge is 0.322 e. The largest absolute Gasteiger partial charge is 0.492 e. The highest BCUT2D eigenvalue weighted by Crippen LogP contribution is 2.27. The summed E-state index contributed by atoms with van der Waals surface area (Å²) < 4.78 is 16.6. The normalized spacial score (nSPS) is 17.8. The molecule has 1 aliphatic heterocycles. The van der Waals surface area contributed by atoms with Crippen molar-refractivity contribution in [1.82, 2.24) is 10.2 Å². The Balaban J connectivity index is 1.73. The van der Waals surface area contributed by atoms with Gasteiger partial charge in [-0.3, -0.25) is 4.79 Å². The molecule has 31 heavy (non-hydrogen) atoms. The minimum atomic E-state index is -0.648. The summed E-state index contributed by atoms with van der Waals surface area (Å²) in [5.41, 5.74) is 0.556. The van der Waals surface area contributed by atoms with Gasteiger partial charge in [0, 0.05) is 20.1 Å². The second-order valence-electron chi connectivity index (χ2n) is 7.10. The number of hydrogen-bond acceptors (Lipinski definition) is 5. The Morgan fingerprint density at radius 2 is 1.84 bits per heavy atom. The number of ether oxygens (including phenoxy) is 3. The number of methoxy groups -OCH3 is 1. The van der Waals surface area contributed by atoms with Crippen LogP contribution < -0.4 is 20.1 Å². The minimum Gasteiger partial charge on any atom is -0.492 e. The van der Waals surface area contributed by atoms with Crippen LogP contribution in [-0.4, -0.2) is 62.4 Å². The van der Waals surface area contributed by atoms with E-state index in [1.165, 1.54) is 4.90 Å². The SMILES string of the molecule is CCOc1ccccc1NC(=O)N1C[C@H](Oc2ccccc2)C[C@@H]1C(=O)NCCOC. The Bertz CT molecular complexity index is 861. The molecule has 0 radical (unpaired) electrons. The average Bonchev–Trinajstić information content (AvgIpc) is 3.20. The van der Waals surface area contributed by atoms with Gasteiger partial charge in [0.25, 0.3) is 0 Å². The molecule has 3 amide bonds. The first-order chi connectivity index (χ1) is 15.1. The van der Waals surface area contributed by atoms with Gasteiger partial charge in [0.15, 0.2) is 0 Å². The summed E-state index contributed by atoms with van der Waals surface area (Å²) in [6.45, 7) is 3.42. The molecule has 1 heterocycles. The molecule has 0 aromatic heterocycles. The standard InChI is InChI=1S/C23H29N3O5/c1-3-30-21-12-8-7-11-19(21)25-23(28)26-16-18(31-17-9-5-4-6-10-17)15-20(26)22(27)24-13-14-29-2/h4-12,18,20H,3,13-16H2,1-2H3,(H,24,27)(H,25,28)/t18-,20-/m1/s1. The topological polar surface area (TPSA) is 89.1 Å². The van der Waals surface area contributed by atoms with Crippen molar-refractivity contribution in [2.75, 3.05) is 38.7 Å². The van der Waals surface area contributed by atoms with Crippen molar-refractivity contribution in [3.63, 3.8) is 0 Å². The average molecular weight is 428 g/mol. The van der Waals surface area contributed by atoms with Gasteiger partial charge in [-0.1, -0.05) is 30.3 Å². The van der Waals surface area contributed by atoms with E-state index < -0.39 is 6.04 Å². The zero-order chi connectivity index (χ0) is 22.1. The van der Waals surface area contributed by atoms with E-state index in [2.05, 4.69) is 10.6 Å². The molecule has 8 nitrogen and oxygen atoms in total. The third-order valence-corrected chi connectivity index (χ3v) is 4.91. The van der Waals surface area contributed by atoms with Crippen molar-refractivity contribution in [2.24, 2.45) is 0 Å². The van der Waals surface area contributed by atoms with Crippen LogP contribution in [0.2, 0.25) is 0 Å². The summed E-state index contributed by atoms with van der Waals surface area (Å²) in [6, 6.07) is 15.6. The van der Waals surface area contributed by atoms with Gasteiger partial charge in [-0.25, -0.2) is 4.79 Å². The van der Waals surface area contributed by atoms with Crippen LogP contribution in [0.3, 0.4) is 0 Å². The zero-order valence-electron chi connectivity index (χ0n) is 17.9.